The van der Waals surface area contributed by atoms with Gasteiger partial charge in [0.15, 0.2) is 0 Å². The van der Waals surface area contributed by atoms with E-state index in [1.54, 1.807) is 24.3 Å². The first kappa shape index (κ1) is 14.3. The number of nitrogens with zero attached hydrogens (tertiary/aromatic N) is 3. The maximum Gasteiger partial charge on any atom is 0.433 e. The smallest absolute Gasteiger partial charge is 0.245 e. The molecule has 0 unspecified atom stereocenters. The molecule has 2 aromatic rings. The normalized spacial score (nSPS) is 11.8. The summed E-state index contributed by atoms with van der Waals surface area (Å²) < 4.78 is 37.3. The summed E-state index contributed by atoms with van der Waals surface area (Å²) in [5.41, 5.74) is 2.03. The molecule has 0 aliphatic heterocycles. The minimum atomic E-state index is -4.51. The van der Waals surface area contributed by atoms with Gasteiger partial charge in [-0.1, -0.05) is 23.7 Å². The molecule has 2 rings (SSSR count). The highest BCUT2D eigenvalue weighted by Gasteiger charge is 2.32. The third-order valence-electron chi connectivity index (χ3n) is 2.19. The third kappa shape index (κ3) is 3.92. The zero-order valence-electron chi connectivity index (χ0n) is 9.89. The zero-order valence-corrected chi connectivity index (χ0v) is 10.7. The summed E-state index contributed by atoms with van der Waals surface area (Å²) in [7, 11) is 0. The minimum Gasteiger partial charge on any atom is -0.245 e. The number of hydrogen-bond acceptors (Lipinski definition) is 4. The highest BCUT2D eigenvalue weighted by atomic mass is 35.5. The van der Waals surface area contributed by atoms with E-state index in [0.717, 1.165) is 17.8 Å². The van der Waals surface area contributed by atoms with Crippen molar-refractivity contribution in [2.75, 3.05) is 5.43 Å². The van der Waals surface area contributed by atoms with Crippen LogP contribution in [0.4, 0.5) is 19.1 Å². The highest BCUT2D eigenvalue weighted by Crippen LogP contribution is 2.27. The van der Waals surface area contributed by atoms with Crippen LogP contribution < -0.4 is 5.43 Å². The van der Waals surface area contributed by atoms with Gasteiger partial charge < -0.3 is 0 Å². The number of alkyl halides is 3. The van der Waals surface area contributed by atoms with Gasteiger partial charge in [-0.25, -0.2) is 15.4 Å². The monoisotopic (exact) mass is 300 g/mol. The molecule has 0 amide bonds. The van der Waals surface area contributed by atoms with Crippen molar-refractivity contribution < 1.29 is 13.2 Å². The molecule has 8 heteroatoms. The number of hydrazone groups is 1. The van der Waals surface area contributed by atoms with E-state index in [1.807, 2.05) is 0 Å². The van der Waals surface area contributed by atoms with Crippen LogP contribution in [0.2, 0.25) is 5.02 Å². The SMILES string of the molecule is FC(F)(F)c1ccnc(N/N=C/c2ccc(Cl)cc2)n1. The van der Waals surface area contributed by atoms with Gasteiger partial charge in [0, 0.05) is 11.2 Å². The first-order valence-electron chi connectivity index (χ1n) is 5.40. The summed E-state index contributed by atoms with van der Waals surface area (Å²) in [5.74, 6) is -0.231. The fraction of sp³-hybridized carbons (Fsp3) is 0.0833. The Morgan fingerprint density at radius 2 is 1.85 bits per heavy atom. The lowest BCUT2D eigenvalue weighted by molar-refractivity contribution is -0.141. The Morgan fingerprint density at radius 3 is 2.50 bits per heavy atom. The lowest BCUT2D eigenvalue weighted by atomic mass is 10.2. The van der Waals surface area contributed by atoms with Gasteiger partial charge in [-0.3, -0.25) is 0 Å². The minimum absolute atomic E-state index is 0.231. The number of nitrogens with one attached hydrogen (secondary N) is 1. The van der Waals surface area contributed by atoms with Gasteiger partial charge in [0.05, 0.1) is 6.21 Å². The average Bonchev–Trinajstić information content (AvgIpc) is 2.40. The molecule has 0 aliphatic rings. The fourth-order valence-corrected chi connectivity index (χ4v) is 1.41. The summed E-state index contributed by atoms with van der Waals surface area (Å²) >= 11 is 5.72. The second-order valence-corrected chi connectivity index (χ2v) is 4.12. The van der Waals surface area contributed by atoms with Crippen molar-refractivity contribution >= 4 is 23.8 Å². The number of benzene rings is 1. The predicted octanol–water partition coefficient (Wildman–Crippen LogP) is 3.59. The summed E-state index contributed by atoms with van der Waals surface area (Å²) in [6, 6.07) is 7.54. The first-order chi connectivity index (χ1) is 9.45. The van der Waals surface area contributed by atoms with E-state index in [9.17, 15) is 13.2 Å². The Labute approximate surface area is 117 Å². The maximum atomic E-state index is 12.4. The van der Waals surface area contributed by atoms with Crippen molar-refractivity contribution in [2.24, 2.45) is 5.10 Å². The molecule has 1 heterocycles. The molecule has 1 N–H and O–H groups in total. The molecule has 0 saturated heterocycles. The summed E-state index contributed by atoms with van der Waals surface area (Å²) in [5, 5.41) is 4.33. The average molecular weight is 301 g/mol. The van der Waals surface area contributed by atoms with Crippen molar-refractivity contribution in [3.63, 3.8) is 0 Å². The summed E-state index contributed by atoms with van der Waals surface area (Å²) in [6.07, 6.45) is -2.09. The first-order valence-corrected chi connectivity index (χ1v) is 5.78. The molecule has 0 bridgehead atoms. The van der Waals surface area contributed by atoms with Crippen molar-refractivity contribution in [3.05, 3.63) is 52.8 Å². The molecule has 1 aromatic heterocycles. The molecule has 20 heavy (non-hydrogen) atoms. The third-order valence-corrected chi connectivity index (χ3v) is 2.45. The number of aromatic nitrogens is 2. The lowest BCUT2D eigenvalue weighted by Crippen LogP contribution is -2.09. The number of hydrogen-bond donors (Lipinski definition) is 1. The quantitative estimate of drug-likeness (QED) is 0.696. The maximum absolute atomic E-state index is 12.4. The molecule has 0 atom stereocenters. The highest BCUT2D eigenvalue weighted by molar-refractivity contribution is 6.30. The van der Waals surface area contributed by atoms with Crippen molar-refractivity contribution in [2.45, 2.75) is 6.18 Å². The summed E-state index contributed by atoms with van der Waals surface area (Å²) in [4.78, 5) is 6.95. The van der Waals surface area contributed by atoms with Gasteiger partial charge in [0.2, 0.25) is 5.95 Å². The van der Waals surface area contributed by atoms with Gasteiger partial charge in [0.1, 0.15) is 5.69 Å². The van der Waals surface area contributed by atoms with Crippen LogP contribution in [0.3, 0.4) is 0 Å². The Hall–Kier alpha value is -2.15. The number of rotatable bonds is 3. The van der Waals surface area contributed by atoms with E-state index in [0.29, 0.717) is 5.02 Å². The second-order valence-electron chi connectivity index (χ2n) is 3.68. The second kappa shape index (κ2) is 5.87. The van der Waals surface area contributed by atoms with Crippen molar-refractivity contribution in [1.29, 1.82) is 0 Å². The molecule has 0 radical (unpaired) electrons. The van der Waals surface area contributed by atoms with E-state index in [2.05, 4.69) is 20.5 Å². The molecule has 4 nitrogen and oxygen atoms in total. The molecular weight excluding hydrogens is 293 g/mol. The van der Waals surface area contributed by atoms with Crippen LogP contribution in [-0.4, -0.2) is 16.2 Å². The molecular formula is C12H8ClF3N4. The molecule has 0 aliphatic carbocycles. The van der Waals surface area contributed by atoms with E-state index in [-0.39, 0.29) is 5.95 Å². The molecule has 1 aromatic carbocycles. The topological polar surface area (TPSA) is 50.2 Å². The number of anilines is 1. The van der Waals surface area contributed by atoms with Gasteiger partial charge in [-0.2, -0.15) is 18.3 Å². The van der Waals surface area contributed by atoms with Crippen LogP contribution >= 0.6 is 11.6 Å². The predicted molar refractivity (Wildman–Crippen MR) is 69.7 cm³/mol. The molecule has 0 saturated carbocycles. The number of halogens is 4. The van der Waals surface area contributed by atoms with Crippen molar-refractivity contribution in [3.8, 4) is 0 Å². The van der Waals surface area contributed by atoms with Gasteiger partial charge in [-0.05, 0) is 23.8 Å². The Kier molecular flexibility index (Phi) is 4.19. The van der Waals surface area contributed by atoms with Crippen LogP contribution in [0.1, 0.15) is 11.3 Å². The lowest BCUT2D eigenvalue weighted by Gasteiger charge is -2.05. The van der Waals surface area contributed by atoms with Crippen LogP contribution in [0.25, 0.3) is 0 Å². The van der Waals surface area contributed by atoms with Crippen LogP contribution in [0.15, 0.2) is 41.6 Å². The van der Waals surface area contributed by atoms with Gasteiger partial charge in [0.25, 0.3) is 0 Å². The fourth-order valence-electron chi connectivity index (χ4n) is 1.28. The van der Waals surface area contributed by atoms with Crippen LogP contribution in [-0.2, 0) is 6.18 Å². The molecule has 104 valence electrons. The Bertz CT molecular complexity index is 611. The zero-order chi connectivity index (χ0) is 14.6. The van der Waals surface area contributed by atoms with Crippen LogP contribution in [0, 0.1) is 0 Å². The van der Waals surface area contributed by atoms with E-state index in [4.69, 9.17) is 11.6 Å². The standard InChI is InChI=1S/C12H8ClF3N4/c13-9-3-1-8(2-4-9)7-18-20-11-17-6-5-10(19-11)12(14,15)16/h1-7H,(H,17,19,20)/b18-7+. The summed E-state index contributed by atoms with van der Waals surface area (Å²) in [6.45, 7) is 0. The van der Waals surface area contributed by atoms with Crippen molar-refractivity contribution in [1.82, 2.24) is 9.97 Å². The van der Waals surface area contributed by atoms with Crippen LogP contribution in [0.5, 0.6) is 0 Å². The van der Waals surface area contributed by atoms with Gasteiger partial charge in [-0.15, -0.1) is 0 Å². The Morgan fingerprint density at radius 1 is 1.15 bits per heavy atom. The van der Waals surface area contributed by atoms with E-state index in [1.165, 1.54) is 6.21 Å². The largest absolute Gasteiger partial charge is 0.433 e. The van der Waals surface area contributed by atoms with Gasteiger partial charge >= 0.3 is 6.18 Å². The van der Waals surface area contributed by atoms with E-state index < -0.39 is 11.9 Å². The van der Waals surface area contributed by atoms with E-state index >= 15 is 0 Å². The molecule has 0 fully saturated rings. The molecule has 0 spiro atoms. The Balaban J connectivity index is 2.05.